The molecule has 0 aliphatic carbocycles. The maximum absolute atomic E-state index is 13.5. The Morgan fingerprint density at radius 3 is 2.36 bits per heavy atom. The predicted molar refractivity (Wildman–Crippen MR) is 137 cm³/mol. The number of amides is 4. The van der Waals surface area contributed by atoms with Crippen LogP contribution in [0.25, 0.3) is 0 Å². The first-order chi connectivity index (χ1) is 17.5. The summed E-state index contributed by atoms with van der Waals surface area (Å²) in [5, 5.41) is 6.13. The van der Waals surface area contributed by atoms with Gasteiger partial charge in [-0.3, -0.25) is 9.59 Å². The average Bonchev–Trinajstić information content (AvgIpc) is 2.89. The van der Waals surface area contributed by atoms with Gasteiger partial charge in [-0.1, -0.05) is 79.9 Å². The van der Waals surface area contributed by atoms with Gasteiger partial charge in [-0.05, 0) is 24.0 Å². The molecule has 2 saturated heterocycles. The Hall–Kier alpha value is -3.83. The number of hydrogen-bond donors (Lipinski definition) is 1. The standard InChI is InChI=1S/C28H33N5O3/c1-3-11-24-27(35)30(18-16-22-12-7-5-8-13-22)20-25-32(24)26(34)21-31(17-4-2)33(25)28(36)29-19-23-14-9-6-10-15-23/h2,5-10,12-15,24-25H,3,11,16-21H2,1H3,(H,29,36)/t24-,25-/m0/s1. The fourth-order valence-corrected chi connectivity index (χ4v) is 4.95. The minimum atomic E-state index is -0.625. The molecule has 2 atom stereocenters. The number of nitrogens with one attached hydrogen (secondary N) is 1. The highest BCUT2D eigenvalue weighted by molar-refractivity contribution is 5.91. The number of piperazine rings is 1. The number of hydrazine groups is 1. The largest absolute Gasteiger partial charge is 0.337 e. The Morgan fingerprint density at radius 1 is 1.06 bits per heavy atom. The van der Waals surface area contributed by atoms with Gasteiger partial charge in [0.15, 0.2) is 0 Å². The summed E-state index contributed by atoms with van der Waals surface area (Å²) in [6, 6.07) is 18.7. The van der Waals surface area contributed by atoms with E-state index in [0.717, 1.165) is 17.5 Å². The van der Waals surface area contributed by atoms with Crippen molar-refractivity contribution in [3.8, 4) is 12.3 Å². The summed E-state index contributed by atoms with van der Waals surface area (Å²) in [4.78, 5) is 43.7. The molecule has 2 aliphatic heterocycles. The summed E-state index contributed by atoms with van der Waals surface area (Å²) < 4.78 is 0. The van der Waals surface area contributed by atoms with E-state index in [1.807, 2.05) is 67.6 Å². The Labute approximate surface area is 212 Å². The zero-order chi connectivity index (χ0) is 25.5. The third-order valence-electron chi connectivity index (χ3n) is 6.67. The fraction of sp³-hybridized carbons (Fsp3) is 0.393. The molecule has 1 N–H and O–H groups in total. The van der Waals surface area contributed by atoms with Crippen LogP contribution >= 0.6 is 0 Å². The Balaban J connectivity index is 1.59. The lowest BCUT2D eigenvalue weighted by Gasteiger charge is -2.55. The molecule has 4 rings (SSSR count). The van der Waals surface area contributed by atoms with Crippen LogP contribution in [-0.4, -0.2) is 76.0 Å². The number of nitrogens with zero attached hydrogens (tertiary/aromatic N) is 4. The monoisotopic (exact) mass is 487 g/mol. The molecule has 2 aromatic carbocycles. The number of carbonyl (C=O) groups is 3. The third-order valence-corrected chi connectivity index (χ3v) is 6.67. The summed E-state index contributed by atoms with van der Waals surface area (Å²) in [5.41, 5.74) is 2.09. The molecular formula is C28H33N5O3. The summed E-state index contributed by atoms with van der Waals surface area (Å²) in [6.45, 7) is 3.15. The zero-order valence-corrected chi connectivity index (χ0v) is 20.7. The lowest BCUT2D eigenvalue weighted by Crippen LogP contribution is -2.76. The molecule has 8 heteroatoms. The van der Waals surface area contributed by atoms with Gasteiger partial charge in [-0.2, -0.15) is 5.01 Å². The molecule has 0 aromatic heterocycles. The minimum Gasteiger partial charge on any atom is -0.337 e. The van der Waals surface area contributed by atoms with E-state index in [-0.39, 0.29) is 37.5 Å². The molecule has 0 bridgehead atoms. The normalized spacial score (nSPS) is 20.2. The van der Waals surface area contributed by atoms with Crippen molar-refractivity contribution in [3.63, 3.8) is 0 Å². The van der Waals surface area contributed by atoms with Crippen LogP contribution in [0.3, 0.4) is 0 Å². The van der Waals surface area contributed by atoms with Gasteiger partial charge in [0.05, 0.1) is 19.6 Å². The summed E-state index contributed by atoms with van der Waals surface area (Å²) in [5.74, 6) is 2.32. The number of rotatable bonds is 8. The van der Waals surface area contributed by atoms with Gasteiger partial charge in [0.2, 0.25) is 11.8 Å². The van der Waals surface area contributed by atoms with Gasteiger partial charge in [-0.15, -0.1) is 6.42 Å². The van der Waals surface area contributed by atoms with Crippen molar-refractivity contribution < 1.29 is 14.4 Å². The van der Waals surface area contributed by atoms with E-state index in [0.29, 0.717) is 25.9 Å². The number of terminal acetylenes is 1. The number of urea groups is 1. The fourth-order valence-electron chi connectivity index (χ4n) is 4.95. The Kier molecular flexibility index (Phi) is 8.24. The van der Waals surface area contributed by atoms with E-state index in [1.165, 1.54) is 0 Å². The van der Waals surface area contributed by atoms with E-state index in [2.05, 4.69) is 11.2 Å². The van der Waals surface area contributed by atoms with Gasteiger partial charge in [0, 0.05) is 13.1 Å². The van der Waals surface area contributed by atoms with Crippen molar-refractivity contribution in [2.45, 2.75) is 44.9 Å². The van der Waals surface area contributed by atoms with E-state index in [9.17, 15) is 14.4 Å². The first kappa shape index (κ1) is 25.3. The highest BCUT2D eigenvalue weighted by Gasteiger charge is 2.50. The second-order valence-electron chi connectivity index (χ2n) is 9.12. The average molecular weight is 488 g/mol. The van der Waals surface area contributed by atoms with Crippen molar-refractivity contribution in [2.75, 3.05) is 26.2 Å². The van der Waals surface area contributed by atoms with E-state index in [1.54, 1.807) is 19.8 Å². The van der Waals surface area contributed by atoms with Crippen molar-refractivity contribution in [2.24, 2.45) is 0 Å². The molecule has 0 unspecified atom stereocenters. The van der Waals surface area contributed by atoms with Crippen LogP contribution in [0.5, 0.6) is 0 Å². The molecule has 36 heavy (non-hydrogen) atoms. The third kappa shape index (κ3) is 5.52. The first-order valence-corrected chi connectivity index (χ1v) is 12.5. The van der Waals surface area contributed by atoms with Gasteiger partial charge >= 0.3 is 6.03 Å². The Morgan fingerprint density at radius 2 is 1.72 bits per heavy atom. The van der Waals surface area contributed by atoms with Gasteiger partial charge in [-0.25, -0.2) is 9.80 Å². The molecule has 188 valence electrons. The van der Waals surface area contributed by atoms with Crippen molar-refractivity contribution >= 4 is 17.8 Å². The smallest absolute Gasteiger partial charge is 0.334 e. The van der Waals surface area contributed by atoms with Crippen molar-refractivity contribution in [3.05, 3.63) is 71.8 Å². The van der Waals surface area contributed by atoms with Gasteiger partial charge in [0.25, 0.3) is 0 Å². The number of hydrogen-bond acceptors (Lipinski definition) is 4. The maximum atomic E-state index is 13.5. The number of benzene rings is 2. The molecule has 0 radical (unpaired) electrons. The molecule has 2 aliphatic rings. The van der Waals surface area contributed by atoms with Crippen LogP contribution in [0.2, 0.25) is 0 Å². The van der Waals surface area contributed by atoms with Crippen LogP contribution in [0, 0.1) is 12.3 Å². The first-order valence-electron chi connectivity index (χ1n) is 12.5. The molecule has 8 nitrogen and oxygen atoms in total. The van der Waals surface area contributed by atoms with Crippen molar-refractivity contribution in [1.29, 1.82) is 0 Å². The number of carbonyl (C=O) groups excluding carboxylic acids is 3. The second-order valence-corrected chi connectivity index (χ2v) is 9.12. The molecular weight excluding hydrogens is 454 g/mol. The van der Waals surface area contributed by atoms with E-state index < -0.39 is 12.2 Å². The SMILES string of the molecule is C#CCN1CC(=O)N2[C@@H](CCC)C(=O)N(CCc3ccccc3)C[C@@H]2N1C(=O)NCc1ccccc1. The predicted octanol–water partition coefficient (Wildman–Crippen LogP) is 2.47. The molecule has 0 spiro atoms. The van der Waals surface area contributed by atoms with Crippen molar-refractivity contribution in [1.82, 2.24) is 25.1 Å². The van der Waals surface area contributed by atoms with E-state index >= 15 is 0 Å². The van der Waals surface area contributed by atoms with Crippen LogP contribution in [0.4, 0.5) is 4.79 Å². The molecule has 2 heterocycles. The summed E-state index contributed by atoms with van der Waals surface area (Å²) in [6.07, 6.45) is 6.95. The van der Waals surface area contributed by atoms with E-state index in [4.69, 9.17) is 6.42 Å². The summed E-state index contributed by atoms with van der Waals surface area (Å²) >= 11 is 0. The van der Waals surface area contributed by atoms with Gasteiger partial charge in [0.1, 0.15) is 12.2 Å². The van der Waals surface area contributed by atoms with Crippen LogP contribution in [0.15, 0.2) is 60.7 Å². The lowest BCUT2D eigenvalue weighted by molar-refractivity contribution is -0.189. The van der Waals surface area contributed by atoms with Crippen LogP contribution in [0.1, 0.15) is 30.9 Å². The van der Waals surface area contributed by atoms with Crippen LogP contribution in [-0.2, 0) is 22.6 Å². The molecule has 2 fully saturated rings. The minimum absolute atomic E-state index is 0.0447. The highest BCUT2D eigenvalue weighted by Crippen LogP contribution is 2.28. The highest BCUT2D eigenvalue weighted by atomic mass is 16.2. The van der Waals surface area contributed by atoms with Crippen LogP contribution < -0.4 is 5.32 Å². The molecule has 2 aromatic rings. The maximum Gasteiger partial charge on any atom is 0.334 e. The van der Waals surface area contributed by atoms with Gasteiger partial charge < -0.3 is 15.1 Å². The molecule has 0 saturated carbocycles. The quantitative estimate of drug-likeness (QED) is 0.581. The Bertz CT molecular complexity index is 1100. The zero-order valence-electron chi connectivity index (χ0n) is 20.7. The summed E-state index contributed by atoms with van der Waals surface area (Å²) in [7, 11) is 0. The second kappa shape index (κ2) is 11.7. The number of fused-ring (bicyclic) bond motifs is 1. The topological polar surface area (TPSA) is 76.2 Å². The molecule has 4 amide bonds. The lowest BCUT2D eigenvalue weighted by atomic mass is 10.0.